The Morgan fingerprint density at radius 1 is 1.04 bits per heavy atom. The Kier molecular flexibility index (Phi) is 11.3. The molecule has 0 fully saturated rings. The van der Waals surface area contributed by atoms with E-state index in [1.165, 1.54) is 12.1 Å². The molecule has 240 valence electrons. The van der Waals surface area contributed by atoms with Gasteiger partial charge in [0, 0.05) is 53.4 Å². The molecule has 46 heavy (non-hydrogen) atoms. The maximum atomic E-state index is 14.8. The molecule has 0 aliphatic rings. The van der Waals surface area contributed by atoms with Crippen molar-refractivity contribution in [3.8, 4) is 11.5 Å². The van der Waals surface area contributed by atoms with Gasteiger partial charge in [-0.3, -0.25) is 5.10 Å². The average Bonchev–Trinajstić information content (AvgIpc) is 3.59. The summed E-state index contributed by atoms with van der Waals surface area (Å²) in [6.07, 6.45) is 9.45. The molecule has 0 saturated heterocycles. The molecule has 0 aliphatic carbocycles. The van der Waals surface area contributed by atoms with Crippen molar-refractivity contribution in [3.63, 3.8) is 0 Å². The van der Waals surface area contributed by atoms with E-state index in [0.717, 1.165) is 51.2 Å². The van der Waals surface area contributed by atoms with E-state index in [9.17, 15) is 4.39 Å². The van der Waals surface area contributed by atoms with Crippen LogP contribution in [0.1, 0.15) is 29.4 Å². The standard InChI is InChI=1S/C37H45FN8/c1-10-13-32(28-18-29(38)22-31(20-28)39-16-17-45(6)7)35-25(5)41-37(42-35)36-33-21-27(14-15-34(33)43-44-36)26(11-2)19-30(12-3)40-24(4)23-46(8)9/h10-15,18-22,39-40H,1,3-4,16-17,23H2,2,5-9H3,(H,41,42)(H,43,44)/b26-11+,30-19+,32-13-. The number of imidazole rings is 1. The van der Waals surface area contributed by atoms with Crippen LogP contribution in [0.25, 0.3) is 33.6 Å². The van der Waals surface area contributed by atoms with Crippen LogP contribution in [0.4, 0.5) is 10.1 Å². The van der Waals surface area contributed by atoms with E-state index in [2.05, 4.69) is 79.6 Å². The second-order valence-electron chi connectivity index (χ2n) is 11.7. The molecule has 0 saturated carbocycles. The van der Waals surface area contributed by atoms with Crippen molar-refractivity contribution in [2.75, 3.05) is 53.1 Å². The lowest BCUT2D eigenvalue weighted by Crippen LogP contribution is -2.23. The van der Waals surface area contributed by atoms with Crippen LogP contribution in [0.3, 0.4) is 0 Å². The largest absolute Gasteiger partial charge is 0.384 e. The zero-order valence-electron chi connectivity index (χ0n) is 27.8. The zero-order chi connectivity index (χ0) is 33.4. The second-order valence-corrected chi connectivity index (χ2v) is 11.7. The van der Waals surface area contributed by atoms with Gasteiger partial charge in [0.05, 0.1) is 11.2 Å². The normalized spacial score (nSPS) is 12.7. The van der Waals surface area contributed by atoms with Crippen LogP contribution in [-0.2, 0) is 0 Å². The molecule has 0 radical (unpaired) electrons. The van der Waals surface area contributed by atoms with Crippen molar-refractivity contribution in [3.05, 3.63) is 126 Å². The van der Waals surface area contributed by atoms with Crippen molar-refractivity contribution >= 4 is 27.7 Å². The highest BCUT2D eigenvalue weighted by Gasteiger charge is 2.19. The Morgan fingerprint density at radius 3 is 2.50 bits per heavy atom. The molecule has 0 amide bonds. The first-order valence-electron chi connectivity index (χ1n) is 15.2. The molecule has 2 aromatic heterocycles. The number of H-pyrrole nitrogens is 2. The number of likely N-dealkylation sites (N-methyl/N-ethyl adjacent to an activating group) is 2. The predicted molar refractivity (Wildman–Crippen MR) is 192 cm³/mol. The molecule has 0 bridgehead atoms. The fourth-order valence-corrected chi connectivity index (χ4v) is 5.18. The number of aromatic nitrogens is 4. The maximum Gasteiger partial charge on any atom is 0.159 e. The van der Waals surface area contributed by atoms with Crippen LogP contribution in [0, 0.1) is 12.7 Å². The summed E-state index contributed by atoms with van der Waals surface area (Å²) in [6.45, 7) is 18.2. The molecular weight excluding hydrogens is 575 g/mol. The van der Waals surface area contributed by atoms with E-state index in [4.69, 9.17) is 4.98 Å². The average molecular weight is 621 g/mol. The molecular formula is C37H45FN8. The maximum absolute atomic E-state index is 14.8. The molecule has 4 rings (SSSR count). The monoisotopic (exact) mass is 620 g/mol. The number of aromatic amines is 2. The summed E-state index contributed by atoms with van der Waals surface area (Å²) in [5, 5.41) is 15.4. The lowest BCUT2D eigenvalue weighted by molar-refractivity contribution is 0.425. The number of benzene rings is 2. The Hall–Kier alpha value is -4.99. The number of hydrogen-bond donors (Lipinski definition) is 4. The number of hydrogen-bond acceptors (Lipinski definition) is 6. The summed E-state index contributed by atoms with van der Waals surface area (Å²) in [6, 6.07) is 11.1. The lowest BCUT2D eigenvalue weighted by atomic mass is 10.00. The van der Waals surface area contributed by atoms with Gasteiger partial charge in [0.25, 0.3) is 0 Å². The number of nitrogens with zero attached hydrogens (tertiary/aromatic N) is 4. The highest BCUT2D eigenvalue weighted by molar-refractivity contribution is 5.95. The number of allylic oxidation sites excluding steroid dienone is 6. The van der Waals surface area contributed by atoms with Gasteiger partial charge < -0.3 is 25.4 Å². The second kappa shape index (κ2) is 15.3. The van der Waals surface area contributed by atoms with Gasteiger partial charge in [0.1, 0.15) is 11.5 Å². The molecule has 2 aromatic carbocycles. The van der Waals surface area contributed by atoms with Gasteiger partial charge in [-0.2, -0.15) is 5.10 Å². The number of rotatable bonds is 15. The zero-order valence-corrected chi connectivity index (χ0v) is 27.8. The van der Waals surface area contributed by atoms with E-state index < -0.39 is 0 Å². The van der Waals surface area contributed by atoms with E-state index >= 15 is 0 Å². The third-order valence-electron chi connectivity index (χ3n) is 7.31. The number of aryl methyl sites for hydroxylation is 1. The van der Waals surface area contributed by atoms with E-state index in [1.807, 2.05) is 60.2 Å². The topological polar surface area (TPSA) is 87.9 Å². The van der Waals surface area contributed by atoms with Gasteiger partial charge in [-0.25, -0.2) is 9.37 Å². The molecule has 9 heteroatoms. The summed E-state index contributed by atoms with van der Waals surface area (Å²) in [5.74, 6) is 0.280. The summed E-state index contributed by atoms with van der Waals surface area (Å²) in [5.41, 5.74) is 9.03. The van der Waals surface area contributed by atoms with E-state index in [1.54, 1.807) is 12.2 Å². The molecule has 0 atom stereocenters. The summed E-state index contributed by atoms with van der Waals surface area (Å²) < 4.78 is 14.8. The van der Waals surface area contributed by atoms with Crippen molar-refractivity contribution < 1.29 is 4.39 Å². The Labute approximate surface area is 271 Å². The summed E-state index contributed by atoms with van der Waals surface area (Å²) >= 11 is 0. The Bertz CT molecular complexity index is 1820. The van der Waals surface area contributed by atoms with Crippen LogP contribution in [0.2, 0.25) is 0 Å². The lowest BCUT2D eigenvalue weighted by Gasteiger charge is -2.15. The number of nitrogens with one attached hydrogen (secondary N) is 4. The van der Waals surface area contributed by atoms with Gasteiger partial charge in [-0.05, 0) is 101 Å². The molecule has 2 heterocycles. The van der Waals surface area contributed by atoms with Crippen LogP contribution < -0.4 is 10.6 Å². The first-order chi connectivity index (χ1) is 22.0. The number of anilines is 1. The smallest absolute Gasteiger partial charge is 0.159 e. The van der Waals surface area contributed by atoms with Crippen LogP contribution >= 0.6 is 0 Å². The van der Waals surface area contributed by atoms with Gasteiger partial charge in [-0.15, -0.1) is 0 Å². The summed E-state index contributed by atoms with van der Waals surface area (Å²) in [7, 11) is 8.01. The van der Waals surface area contributed by atoms with Gasteiger partial charge >= 0.3 is 0 Å². The molecule has 0 unspecified atom stereocenters. The van der Waals surface area contributed by atoms with Crippen LogP contribution in [0.15, 0.2) is 97.9 Å². The van der Waals surface area contributed by atoms with Crippen molar-refractivity contribution in [2.45, 2.75) is 13.8 Å². The Balaban J connectivity index is 1.70. The fraction of sp³-hybridized carbons (Fsp3) is 0.243. The third-order valence-corrected chi connectivity index (χ3v) is 7.31. The molecule has 0 aliphatic heterocycles. The minimum Gasteiger partial charge on any atom is -0.384 e. The summed E-state index contributed by atoms with van der Waals surface area (Å²) in [4.78, 5) is 12.5. The molecule has 0 spiro atoms. The fourth-order valence-electron chi connectivity index (χ4n) is 5.18. The highest BCUT2D eigenvalue weighted by atomic mass is 19.1. The highest BCUT2D eigenvalue weighted by Crippen LogP contribution is 2.33. The molecule has 4 N–H and O–H groups in total. The first kappa shape index (κ1) is 33.9. The van der Waals surface area contributed by atoms with Crippen molar-refractivity contribution in [1.29, 1.82) is 0 Å². The molecule has 8 nitrogen and oxygen atoms in total. The SMILES string of the molecule is C=C/C=C(/c1cc(F)cc(NCCN(C)C)c1)c1nc(-c2n[nH]c3ccc(C(/C=C(\C=C)NC(=C)CN(C)C)=C/C)cc23)[nH]c1C. The van der Waals surface area contributed by atoms with Crippen molar-refractivity contribution in [1.82, 2.24) is 35.3 Å². The quantitative estimate of drug-likeness (QED) is 0.106. The molecule has 4 aromatic rings. The Morgan fingerprint density at radius 2 is 1.83 bits per heavy atom. The van der Waals surface area contributed by atoms with E-state index in [0.29, 0.717) is 41.6 Å². The van der Waals surface area contributed by atoms with Gasteiger partial charge in [-0.1, -0.05) is 44.0 Å². The van der Waals surface area contributed by atoms with Gasteiger partial charge in [0.15, 0.2) is 5.82 Å². The van der Waals surface area contributed by atoms with E-state index in [-0.39, 0.29) is 5.82 Å². The van der Waals surface area contributed by atoms with Crippen LogP contribution in [0.5, 0.6) is 0 Å². The van der Waals surface area contributed by atoms with Crippen LogP contribution in [-0.4, -0.2) is 77.8 Å². The predicted octanol–water partition coefficient (Wildman–Crippen LogP) is 7.13. The van der Waals surface area contributed by atoms with Crippen molar-refractivity contribution in [2.24, 2.45) is 0 Å². The first-order valence-corrected chi connectivity index (χ1v) is 15.2. The number of fused-ring (bicyclic) bond motifs is 1. The number of halogens is 1. The van der Waals surface area contributed by atoms with Gasteiger partial charge in [0.2, 0.25) is 0 Å². The minimum atomic E-state index is -0.329. The minimum absolute atomic E-state index is 0.329. The third kappa shape index (κ3) is 8.38.